The maximum Gasteiger partial charge on any atom is 0.221 e. The molecule has 0 bridgehead atoms. The van der Waals surface area contributed by atoms with E-state index < -0.39 is 0 Å². The van der Waals surface area contributed by atoms with Gasteiger partial charge in [-0.3, -0.25) is 10.3 Å². The third kappa shape index (κ3) is 2.20. The van der Waals surface area contributed by atoms with Crippen LogP contribution in [-0.2, 0) is 0 Å². The molecule has 0 amide bonds. The number of fused-ring (bicyclic) bond motifs is 1. The maximum atomic E-state index is 7.72. The Morgan fingerprint density at radius 1 is 1.27 bits per heavy atom. The summed E-state index contributed by atoms with van der Waals surface area (Å²) in [6, 6.07) is 0.591. The summed E-state index contributed by atoms with van der Waals surface area (Å²) in [5.41, 5.74) is 10.5. The topological polar surface area (TPSA) is 94.7 Å². The average Bonchev–Trinajstić information content (AvgIpc) is 2.62. The molecule has 0 aliphatic carbocycles. The lowest BCUT2D eigenvalue weighted by Crippen LogP contribution is -2.51. The van der Waals surface area contributed by atoms with Crippen LogP contribution in [0.4, 0.5) is 0 Å². The van der Waals surface area contributed by atoms with E-state index >= 15 is 0 Å². The summed E-state index contributed by atoms with van der Waals surface area (Å²) >= 11 is 0. The number of hydrogen-bond donors (Lipinski definition) is 3. The number of nitrogens with one attached hydrogen (secondary N) is 1. The second-order valence-electron chi connectivity index (χ2n) is 4.14. The molecule has 0 saturated carbocycles. The van der Waals surface area contributed by atoms with Gasteiger partial charge in [-0.2, -0.15) is 4.99 Å². The van der Waals surface area contributed by atoms with Crippen LogP contribution >= 0.6 is 0 Å². The summed E-state index contributed by atoms with van der Waals surface area (Å²) in [6.07, 6.45) is 2.50. The predicted octanol–water partition coefficient (Wildman–Crippen LogP) is -1.03. The van der Waals surface area contributed by atoms with Crippen LogP contribution in [0, 0.1) is 5.41 Å². The van der Waals surface area contributed by atoms with Crippen LogP contribution in [0.5, 0.6) is 0 Å². The van der Waals surface area contributed by atoms with Crippen LogP contribution in [0.25, 0.3) is 0 Å². The molecule has 0 spiro atoms. The van der Waals surface area contributed by atoms with Crippen molar-refractivity contribution in [3.63, 3.8) is 0 Å². The van der Waals surface area contributed by atoms with E-state index in [1.807, 2.05) is 4.90 Å². The number of hydrogen-bond acceptors (Lipinski definition) is 2. The summed E-state index contributed by atoms with van der Waals surface area (Å²) in [5, 5.41) is 7.72. The first kappa shape index (κ1) is 10.2. The van der Waals surface area contributed by atoms with Crippen LogP contribution in [0.1, 0.15) is 12.8 Å². The first-order chi connectivity index (χ1) is 7.16. The highest BCUT2D eigenvalue weighted by Gasteiger charge is 2.31. The van der Waals surface area contributed by atoms with Gasteiger partial charge in [0.25, 0.3) is 0 Å². The molecule has 0 aromatic rings. The Balaban J connectivity index is 1.95. The van der Waals surface area contributed by atoms with Gasteiger partial charge in [0.15, 0.2) is 5.96 Å². The van der Waals surface area contributed by atoms with E-state index in [1.165, 1.54) is 19.4 Å². The Bertz CT molecular complexity index is 282. The van der Waals surface area contributed by atoms with E-state index in [9.17, 15) is 0 Å². The first-order valence-electron chi connectivity index (χ1n) is 5.34. The van der Waals surface area contributed by atoms with E-state index in [0.717, 1.165) is 19.6 Å². The number of guanidine groups is 2. The maximum absolute atomic E-state index is 7.72. The Kier molecular flexibility index (Phi) is 2.77. The van der Waals surface area contributed by atoms with Crippen molar-refractivity contribution < 1.29 is 0 Å². The molecular weight excluding hydrogens is 192 g/mol. The molecule has 0 radical (unpaired) electrons. The average molecular weight is 210 g/mol. The van der Waals surface area contributed by atoms with Crippen LogP contribution < -0.4 is 11.5 Å². The van der Waals surface area contributed by atoms with E-state index in [1.54, 1.807) is 0 Å². The zero-order chi connectivity index (χ0) is 10.8. The highest BCUT2D eigenvalue weighted by Crippen LogP contribution is 2.21. The van der Waals surface area contributed by atoms with Gasteiger partial charge in [0.05, 0.1) is 0 Å². The molecular formula is C9H18N6. The molecule has 2 saturated heterocycles. The molecule has 2 aliphatic heterocycles. The molecule has 2 heterocycles. The van der Waals surface area contributed by atoms with Crippen molar-refractivity contribution >= 4 is 11.9 Å². The number of aliphatic imine (C=N–C) groups is 1. The molecule has 1 atom stereocenters. The fraction of sp³-hybridized carbons (Fsp3) is 0.778. The third-order valence-corrected chi connectivity index (χ3v) is 3.12. The van der Waals surface area contributed by atoms with Crippen molar-refractivity contribution in [2.24, 2.45) is 16.5 Å². The monoisotopic (exact) mass is 210 g/mol. The number of nitrogens with two attached hydrogens (primary N) is 2. The van der Waals surface area contributed by atoms with E-state index in [2.05, 4.69) is 9.89 Å². The van der Waals surface area contributed by atoms with Crippen LogP contribution in [0.3, 0.4) is 0 Å². The third-order valence-electron chi connectivity index (χ3n) is 3.12. The Morgan fingerprint density at radius 2 is 2.07 bits per heavy atom. The lowest BCUT2D eigenvalue weighted by Gasteiger charge is -2.37. The van der Waals surface area contributed by atoms with Crippen molar-refractivity contribution in [1.29, 1.82) is 5.41 Å². The Hall–Kier alpha value is -1.30. The minimum atomic E-state index is -0.0335. The zero-order valence-electron chi connectivity index (χ0n) is 8.82. The minimum absolute atomic E-state index is 0.0335. The number of piperazine rings is 1. The molecule has 2 rings (SSSR count). The molecule has 1 unspecified atom stereocenters. The molecule has 84 valence electrons. The fourth-order valence-corrected chi connectivity index (χ4v) is 2.38. The molecule has 2 aliphatic rings. The van der Waals surface area contributed by atoms with Crippen LogP contribution in [0.15, 0.2) is 4.99 Å². The largest absolute Gasteiger partial charge is 0.370 e. The van der Waals surface area contributed by atoms with Gasteiger partial charge in [-0.05, 0) is 19.4 Å². The van der Waals surface area contributed by atoms with Crippen molar-refractivity contribution in [2.45, 2.75) is 18.9 Å². The van der Waals surface area contributed by atoms with Crippen LogP contribution in [0.2, 0.25) is 0 Å². The normalized spacial score (nSPS) is 26.1. The van der Waals surface area contributed by atoms with Gasteiger partial charge < -0.3 is 16.4 Å². The van der Waals surface area contributed by atoms with Gasteiger partial charge >= 0.3 is 0 Å². The summed E-state index contributed by atoms with van der Waals surface area (Å²) in [7, 11) is 0. The summed E-state index contributed by atoms with van der Waals surface area (Å²) in [4.78, 5) is 8.21. The van der Waals surface area contributed by atoms with Crippen molar-refractivity contribution in [3.8, 4) is 0 Å². The van der Waals surface area contributed by atoms with Gasteiger partial charge in [-0.15, -0.1) is 0 Å². The molecule has 2 fully saturated rings. The molecule has 6 heteroatoms. The lowest BCUT2D eigenvalue weighted by atomic mass is 10.2. The Morgan fingerprint density at radius 3 is 2.80 bits per heavy atom. The second-order valence-corrected chi connectivity index (χ2v) is 4.14. The van der Waals surface area contributed by atoms with E-state index in [4.69, 9.17) is 16.9 Å². The van der Waals surface area contributed by atoms with Crippen molar-refractivity contribution in [1.82, 2.24) is 9.80 Å². The molecule has 0 aromatic carbocycles. The van der Waals surface area contributed by atoms with E-state index in [0.29, 0.717) is 6.04 Å². The first-order valence-corrected chi connectivity index (χ1v) is 5.34. The highest BCUT2D eigenvalue weighted by molar-refractivity contribution is 5.91. The van der Waals surface area contributed by atoms with E-state index in [-0.39, 0.29) is 11.9 Å². The SMILES string of the molecule is N=C(N=C(N)N)N1CCN2CCCC2C1. The molecule has 6 nitrogen and oxygen atoms in total. The Labute approximate surface area is 89.4 Å². The highest BCUT2D eigenvalue weighted by atomic mass is 15.3. The van der Waals surface area contributed by atoms with Gasteiger partial charge in [0.1, 0.15) is 0 Å². The van der Waals surface area contributed by atoms with Crippen molar-refractivity contribution in [3.05, 3.63) is 0 Å². The summed E-state index contributed by atoms with van der Waals surface area (Å²) in [6.45, 7) is 3.96. The van der Waals surface area contributed by atoms with Crippen molar-refractivity contribution in [2.75, 3.05) is 26.2 Å². The quantitative estimate of drug-likeness (QED) is 0.352. The van der Waals surface area contributed by atoms with Gasteiger partial charge in [0, 0.05) is 25.7 Å². The zero-order valence-corrected chi connectivity index (χ0v) is 8.82. The van der Waals surface area contributed by atoms with Gasteiger partial charge in [-0.25, -0.2) is 0 Å². The number of rotatable bonds is 0. The summed E-state index contributed by atoms with van der Waals surface area (Å²) < 4.78 is 0. The molecule has 0 aromatic heterocycles. The number of nitrogens with zero attached hydrogens (tertiary/aromatic N) is 3. The molecule has 5 N–H and O–H groups in total. The predicted molar refractivity (Wildman–Crippen MR) is 59.7 cm³/mol. The van der Waals surface area contributed by atoms with Gasteiger partial charge in [-0.1, -0.05) is 0 Å². The molecule has 15 heavy (non-hydrogen) atoms. The van der Waals surface area contributed by atoms with Crippen LogP contribution in [-0.4, -0.2) is 53.9 Å². The second kappa shape index (κ2) is 4.06. The fourth-order valence-electron chi connectivity index (χ4n) is 2.38. The lowest BCUT2D eigenvalue weighted by molar-refractivity contribution is 0.150. The van der Waals surface area contributed by atoms with Gasteiger partial charge in [0.2, 0.25) is 5.96 Å². The summed E-state index contributed by atoms with van der Waals surface area (Å²) in [5.74, 6) is 0.162. The standard InChI is InChI=1S/C9H18N6/c10-8(11)13-9(12)15-5-4-14-3-1-2-7(14)6-15/h7H,1-6H2,(H5,10,11,12,13). The smallest absolute Gasteiger partial charge is 0.221 e. The minimum Gasteiger partial charge on any atom is -0.370 e.